The van der Waals surface area contributed by atoms with Gasteiger partial charge in [0.25, 0.3) is 5.91 Å². The minimum atomic E-state index is -1.28. The third-order valence-electron chi connectivity index (χ3n) is 4.89. The van der Waals surface area contributed by atoms with Gasteiger partial charge in [-0.1, -0.05) is 26.0 Å². The van der Waals surface area contributed by atoms with Crippen LogP contribution in [0.3, 0.4) is 0 Å². The number of hydrogen-bond acceptors (Lipinski definition) is 8. The third kappa shape index (κ3) is 4.33. The lowest BCUT2D eigenvalue weighted by Crippen LogP contribution is -2.45. The van der Waals surface area contributed by atoms with Crippen LogP contribution < -0.4 is 20.1 Å². The number of carbonyl (C=O) groups excluding carboxylic acids is 2. The van der Waals surface area contributed by atoms with Gasteiger partial charge in [-0.15, -0.1) is 0 Å². The number of fused-ring (bicyclic) bond motifs is 1. The Kier molecular flexibility index (Phi) is 6.89. The summed E-state index contributed by atoms with van der Waals surface area (Å²) in [6.07, 6.45) is -1.28. The number of phenols is 1. The smallest absolute Gasteiger partial charge is 0.257 e. The van der Waals surface area contributed by atoms with E-state index in [1.807, 2.05) is 26.0 Å². The molecule has 4 rings (SSSR count). The predicted molar refractivity (Wildman–Crippen MR) is 119 cm³/mol. The van der Waals surface area contributed by atoms with Crippen LogP contribution in [0, 0.1) is 0 Å². The fourth-order valence-corrected chi connectivity index (χ4v) is 3.21. The summed E-state index contributed by atoms with van der Waals surface area (Å²) >= 11 is 0. The maximum absolute atomic E-state index is 12.2. The van der Waals surface area contributed by atoms with Crippen molar-refractivity contribution in [1.29, 1.82) is 0 Å². The zero-order chi connectivity index (χ0) is 23.4. The monoisotopic (exact) mass is 441 g/mol. The zero-order valence-corrected chi connectivity index (χ0v) is 18.4. The number of rotatable bonds is 6. The highest BCUT2D eigenvalue weighted by atomic mass is 16.7. The van der Waals surface area contributed by atoms with Crippen LogP contribution in [0.5, 0.6) is 17.2 Å². The van der Waals surface area contributed by atoms with E-state index in [4.69, 9.17) is 9.47 Å². The van der Waals surface area contributed by atoms with Gasteiger partial charge < -0.3 is 35.2 Å². The molecular weight excluding hydrogens is 414 g/mol. The van der Waals surface area contributed by atoms with Gasteiger partial charge in [0.1, 0.15) is 5.70 Å². The Morgan fingerprint density at radius 2 is 1.88 bits per heavy atom. The van der Waals surface area contributed by atoms with Crippen molar-refractivity contribution in [1.82, 2.24) is 10.2 Å². The molecule has 9 heteroatoms. The highest BCUT2D eigenvalue weighted by molar-refractivity contribution is 6.11. The topological polar surface area (TPSA) is 120 Å². The zero-order valence-electron chi connectivity index (χ0n) is 18.4. The van der Waals surface area contributed by atoms with Crippen LogP contribution in [0.4, 0.5) is 5.69 Å². The molecule has 32 heavy (non-hydrogen) atoms. The molecule has 2 aliphatic rings. The molecule has 0 aromatic heterocycles. The minimum absolute atomic E-state index is 0.104. The molecule has 9 nitrogen and oxygen atoms in total. The van der Waals surface area contributed by atoms with Crippen LogP contribution in [0.25, 0.3) is 0 Å². The van der Waals surface area contributed by atoms with E-state index in [0.29, 0.717) is 23.7 Å². The largest absolute Gasteiger partial charge is 0.505 e. The Morgan fingerprint density at radius 1 is 1.16 bits per heavy atom. The van der Waals surface area contributed by atoms with Gasteiger partial charge in [-0.2, -0.15) is 0 Å². The fourth-order valence-electron chi connectivity index (χ4n) is 3.21. The molecule has 0 saturated carbocycles. The summed E-state index contributed by atoms with van der Waals surface area (Å²) in [6.45, 7) is 4.52. The Labute approximate surface area is 186 Å². The number of aromatic hydroxyl groups is 1. The number of aliphatic hydroxyl groups is 1. The molecule has 2 aromatic carbocycles. The molecule has 1 aliphatic heterocycles. The molecule has 1 heterocycles. The van der Waals surface area contributed by atoms with Crippen molar-refractivity contribution in [2.45, 2.75) is 26.5 Å². The van der Waals surface area contributed by atoms with Crippen LogP contribution >= 0.6 is 0 Å². The van der Waals surface area contributed by atoms with E-state index in [9.17, 15) is 19.8 Å². The number of ketones is 1. The number of carbonyl (C=O) groups is 2. The number of phenolic OH excluding ortho intramolecular Hbond substituents is 1. The molecule has 2 aromatic rings. The summed E-state index contributed by atoms with van der Waals surface area (Å²) in [5.41, 5.74) is 1.61. The lowest BCUT2D eigenvalue weighted by molar-refractivity contribution is -0.124. The van der Waals surface area contributed by atoms with Crippen LogP contribution in [-0.2, 0) is 11.3 Å². The number of amides is 1. The number of ether oxygens (including phenoxy) is 2. The maximum Gasteiger partial charge on any atom is 0.257 e. The van der Waals surface area contributed by atoms with E-state index in [2.05, 4.69) is 10.6 Å². The van der Waals surface area contributed by atoms with Gasteiger partial charge in [-0.3, -0.25) is 9.59 Å². The number of nitrogens with one attached hydrogen (secondary N) is 2. The van der Waals surface area contributed by atoms with Crippen molar-refractivity contribution >= 4 is 17.4 Å². The molecule has 0 radical (unpaired) electrons. The van der Waals surface area contributed by atoms with Crippen molar-refractivity contribution in [2.75, 3.05) is 26.2 Å². The van der Waals surface area contributed by atoms with Gasteiger partial charge >= 0.3 is 0 Å². The summed E-state index contributed by atoms with van der Waals surface area (Å²) in [7, 11) is 3.16. The number of hydrogen-bond donors (Lipinski definition) is 4. The standard InChI is InChI=1S/C21H21N3O6.C2H6/c1-24(2)21(28)12-4-3-5-13(18(12)25)23-17-16(19(26)20(17)27)22-9-11-6-7-14-15(8-11)30-10-29-14;1-2/h3-8,19,22-23,25-26H,9-10H2,1-2H3;1-2H3. The second kappa shape index (κ2) is 9.61. The number of aliphatic hydroxyl groups excluding tert-OH is 1. The van der Waals surface area contributed by atoms with E-state index in [-0.39, 0.29) is 35.4 Å². The molecule has 0 fully saturated rings. The van der Waals surface area contributed by atoms with Gasteiger partial charge in [-0.05, 0) is 29.8 Å². The Morgan fingerprint density at radius 3 is 2.59 bits per heavy atom. The first-order valence-electron chi connectivity index (χ1n) is 10.3. The summed E-state index contributed by atoms with van der Waals surface area (Å²) in [5.74, 6) is 0.159. The SMILES string of the molecule is CC.CN(C)C(=O)c1cccc(NC2=C(NCc3ccc4c(c3)OCO4)C(O)C2=O)c1O. The summed E-state index contributed by atoms with van der Waals surface area (Å²) in [4.78, 5) is 25.7. The maximum atomic E-state index is 12.2. The summed E-state index contributed by atoms with van der Waals surface area (Å²) < 4.78 is 10.6. The van der Waals surface area contributed by atoms with Gasteiger partial charge in [0, 0.05) is 20.6 Å². The first-order valence-corrected chi connectivity index (χ1v) is 10.3. The highest BCUT2D eigenvalue weighted by Gasteiger charge is 2.38. The lowest BCUT2D eigenvalue weighted by atomic mass is 9.94. The van der Waals surface area contributed by atoms with E-state index in [1.54, 1.807) is 32.3 Å². The van der Waals surface area contributed by atoms with Crippen molar-refractivity contribution < 1.29 is 29.3 Å². The molecule has 1 atom stereocenters. The van der Waals surface area contributed by atoms with E-state index in [0.717, 1.165) is 5.56 Å². The van der Waals surface area contributed by atoms with Crippen molar-refractivity contribution in [3.8, 4) is 17.2 Å². The molecule has 0 saturated heterocycles. The summed E-state index contributed by atoms with van der Waals surface area (Å²) in [5, 5.41) is 26.4. The number of nitrogens with zero attached hydrogens (tertiary/aromatic N) is 1. The Hall–Kier alpha value is -3.72. The van der Waals surface area contributed by atoms with E-state index >= 15 is 0 Å². The van der Waals surface area contributed by atoms with Crippen molar-refractivity contribution in [3.63, 3.8) is 0 Å². The second-order valence-corrected chi connectivity index (χ2v) is 7.12. The van der Waals surface area contributed by atoms with Crippen molar-refractivity contribution in [3.05, 3.63) is 58.9 Å². The highest BCUT2D eigenvalue weighted by Crippen LogP contribution is 2.34. The van der Waals surface area contributed by atoms with Crippen LogP contribution in [0.2, 0.25) is 0 Å². The number of para-hydroxylation sites is 1. The molecule has 0 spiro atoms. The molecule has 1 amide bonds. The quantitative estimate of drug-likeness (QED) is 0.504. The number of benzene rings is 2. The predicted octanol–water partition coefficient (Wildman–Crippen LogP) is 2.21. The fraction of sp³-hybridized carbons (Fsp3) is 0.304. The molecule has 170 valence electrons. The first-order chi connectivity index (χ1) is 15.4. The lowest BCUT2D eigenvalue weighted by Gasteiger charge is -2.30. The average Bonchev–Trinajstić information content (AvgIpc) is 3.28. The van der Waals surface area contributed by atoms with Crippen LogP contribution in [0.15, 0.2) is 47.8 Å². The minimum Gasteiger partial charge on any atom is -0.505 e. The van der Waals surface area contributed by atoms with Gasteiger partial charge in [0.15, 0.2) is 23.4 Å². The van der Waals surface area contributed by atoms with Crippen molar-refractivity contribution in [2.24, 2.45) is 0 Å². The second-order valence-electron chi connectivity index (χ2n) is 7.12. The van der Waals surface area contributed by atoms with E-state index in [1.165, 1.54) is 11.0 Å². The molecule has 1 unspecified atom stereocenters. The summed E-state index contributed by atoms with van der Waals surface area (Å²) in [6, 6.07) is 10.1. The van der Waals surface area contributed by atoms with E-state index < -0.39 is 11.9 Å². The van der Waals surface area contributed by atoms with Gasteiger partial charge in [-0.25, -0.2) is 0 Å². The molecule has 1 aliphatic carbocycles. The van der Waals surface area contributed by atoms with Gasteiger partial charge in [0.05, 0.1) is 16.9 Å². The van der Waals surface area contributed by atoms with Crippen LogP contribution in [0.1, 0.15) is 29.8 Å². The average molecular weight is 441 g/mol. The molecule has 4 N–H and O–H groups in total. The third-order valence-corrected chi connectivity index (χ3v) is 4.89. The van der Waals surface area contributed by atoms with Gasteiger partial charge in [0.2, 0.25) is 12.6 Å². The number of anilines is 1. The normalized spacial score (nSPS) is 16.0. The Balaban J connectivity index is 0.00000141. The Bertz CT molecular complexity index is 1060. The molecule has 0 bridgehead atoms. The number of Topliss-reactive ketones (excluding diaryl/α,β-unsaturated/α-hetero) is 1. The first kappa shape index (κ1) is 23.0. The van der Waals surface area contributed by atoms with Crippen LogP contribution in [-0.4, -0.2) is 53.8 Å². The molecular formula is C23H27N3O6.